The van der Waals surface area contributed by atoms with Gasteiger partial charge in [0, 0.05) is 6.21 Å². The molecule has 0 fully saturated rings. The third kappa shape index (κ3) is 7.10. The molecule has 0 atom stereocenters. The molecule has 0 spiro atoms. The van der Waals surface area contributed by atoms with Crippen molar-refractivity contribution in [2.45, 2.75) is 6.92 Å². The van der Waals surface area contributed by atoms with Crippen molar-refractivity contribution in [1.29, 1.82) is 0 Å². The average molecular weight is 143 g/mol. The van der Waals surface area contributed by atoms with Gasteiger partial charge < -0.3 is 5.73 Å². The Hall–Kier alpha value is -0.900. The van der Waals surface area contributed by atoms with Crippen molar-refractivity contribution in [1.82, 2.24) is 5.43 Å². The molecule has 4 heteroatoms. The van der Waals surface area contributed by atoms with Crippen molar-refractivity contribution >= 4 is 23.5 Å². The Labute approximate surface area is 59.6 Å². The van der Waals surface area contributed by atoms with Crippen LogP contribution in [0.25, 0.3) is 0 Å². The molecule has 9 heavy (non-hydrogen) atoms. The number of hydrogen-bond donors (Lipinski definition) is 2. The molecule has 0 saturated carbocycles. The third-order valence-corrected chi connectivity index (χ3v) is 0.619. The maximum absolute atomic E-state index is 5.06. The molecule has 0 aromatic rings. The predicted molar refractivity (Wildman–Crippen MR) is 43.2 cm³/mol. The minimum Gasteiger partial charge on any atom is -0.375 e. The van der Waals surface area contributed by atoms with Crippen LogP contribution in [0.15, 0.2) is 17.3 Å². The molecule has 3 N–H and O–H groups in total. The SMILES string of the molecule is C/C=C\C=N/NC(N)=S. The molecule has 0 heterocycles. The van der Waals surface area contributed by atoms with Gasteiger partial charge in [-0.15, -0.1) is 0 Å². The fourth-order valence-corrected chi connectivity index (χ4v) is 0.283. The summed E-state index contributed by atoms with van der Waals surface area (Å²) >= 11 is 4.47. The van der Waals surface area contributed by atoms with Crippen molar-refractivity contribution in [2.75, 3.05) is 0 Å². The maximum Gasteiger partial charge on any atom is 0.184 e. The molecule has 0 aliphatic heterocycles. The van der Waals surface area contributed by atoms with E-state index in [0.717, 1.165) is 0 Å². The fraction of sp³-hybridized carbons (Fsp3) is 0.200. The molecule has 0 unspecified atom stereocenters. The van der Waals surface area contributed by atoms with Crippen molar-refractivity contribution in [3.8, 4) is 0 Å². The molecule has 0 aromatic heterocycles. The number of hydrazone groups is 1. The molecular formula is C5H9N3S. The topological polar surface area (TPSA) is 50.4 Å². The molecule has 0 radical (unpaired) electrons. The summed E-state index contributed by atoms with van der Waals surface area (Å²) in [6.45, 7) is 1.90. The van der Waals surface area contributed by atoms with Gasteiger partial charge in [-0.25, -0.2) is 0 Å². The van der Waals surface area contributed by atoms with Gasteiger partial charge in [0.1, 0.15) is 0 Å². The monoisotopic (exact) mass is 143 g/mol. The van der Waals surface area contributed by atoms with E-state index in [2.05, 4.69) is 22.7 Å². The Morgan fingerprint density at radius 1 is 1.78 bits per heavy atom. The van der Waals surface area contributed by atoms with E-state index in [-0.39, 0.29) is 5.11 Å². The second kappa shape index (κ2) is 5.24. The number of rotatable bonds is 2. The second-order valence-electron chi connectivity index (χ2n) is 1.28. The Morgan fingerprint density at radius 2 is 2.44 bits per heavy atom. The van der Waals surface area contributed by atoms with E-state index in [1.165, 1.54) is 0 Å². The summed E-state index contributed by atoms with van der Waals surface area (Å²) in [5.41, 5.74) is 7.46. The molecule has 0 saturated heterocycles. The van der Waals surface area contributed by atoms with Crippen LogP contribution in [0.5, 0.6) is 0 Å². The molecule has 0 aliphatic carbocycles. The maximum atomic E-state index is 5.06. The lowest BCUT2D eigenvalue weighted by Crippen LogP contribution is -2.23. The quantitative estimate of drug-likeness (QED) is 0.334. The van der Waals surface area contributed by atoms with Crippen LogP contribution in [-0.4, -0.2) is 11.3 Å². The summed E-state index contributed by atoms with van der Waals surface area (Å²) in [4.78, 5) is 0. The van der Waals surface area contributed by atoms with Crippen LogP contribution in [0.3, 0.4) is 0 Å². The number of hydrogen-bond acceptors (Lipinski definition) is 2. The number of thiocarbonyl (C=S) groups is 1. The van der Waals surface area contributed by atoms with E-state index in [0.29, 0.717) is 0 Å². The Balaban J connectivity index is 3.36. The molecule has 0 bridgehead atoms. The summed E-state index contributed by atoms with van der Waals surface area (Å²) in [7, 11) is 0. The zero-order valence-corrected chi connectivity index (χ0v) is 5.98. The van der Waals surface area contributed by atoms with Crippen molar-refractivity contribution in [2.24, 2.45) is 10.8 Å². The van der Waals surface area contributed by atoms with Crippen LogP contribution in [0, 0.1) is 0 Å². The lowest BCUT2D eigenvalue weighted by atomic mass is 10.6. The third-order valence-electron chi connectivity index (χ3n) is 0.528. The van der Waals surface area contributed by atoms with E-state index < -0.39 is 0 Å². The van der Waals surface area contributed by atoms with Gasteiger partial charge in [0.2, 0.25) is 0 Å². The zero-order chi connectivity index (χ0) is 7.11. The molecule has 50 valence electrons. The first-order chi connectivity index (χ1) is 4.27. The Morgan fingerprint density at radius 3 is 2.89 bits per heavy atom. The highest BCUT2D eigenvalue weighted by Gasteiger charge is 1.73. The molecule has 0 amide bonds. The van der Waals surface area contributed by atoms with Crippen LogP contribution in [0.1, 0.15) is 6.92 Å². The Kier molecular flexibility index (Phi) is 4.72. The highest BCUT2D eigenvalue weighted by molar-refractivity contribution is 7.80. The largest absolute Gasteiger partial charge is 0.375 e. The van der Waals surface area contributed by atoms with Crippen molar-refractivity contribution in [3.63, 3.8) is 0 Å². The summed E-state index contributed by atoms with van der Waals surface area (Å²) < 4.78 is 0. The molecule has 0 aliphatic rings. The summed E-state index contributed by atoms with van der Waals surface area (Å²) in [6.07, 6.45) is 5.19. The number of allylic oxidation sites excluding steroid dienone is 2. The highest BCUT2D eigenvalue weighted by atomic mass is 32.1. The summed E-state index contributed by atoms with van der Waals surface area (Å²) in [5, 5.41) is 3.81. The minimum atomic E-state index is 0.177. The van der Waals surface area contributed by atoms with E-state index >= 15 is 0 Å². The number of nitrogens with two attached hydrogens (primary N) is 1. The van der Waals surface area contributed by atoms with Gasteiger partial charge in [0.05, 0.1) is 0 Å². The van der Waals surface area contributed by atoms with E-state index in [9.17, 15) is 0 Å². The van der Waals surface area contributed by atoms with Crippen LogP contribution < -0.4 is 11.2 Å². The Bertz CT molecular complexity index is 139. The van der Waals surface area contributed by atoms with Gasteiger partial charge in [-0.1, -0.05) is 6.08 Å². The number of nitrogens with zero attached hydrogens (tertiary/aromatic N) is 1. The first-order valence-corrected chi connectivity index (χ1v) is 2.88. The van der Waals surface area contributed by atoms with Crippen molar-refractivity contribution < 1.29 is 0 Å². The van der Waals surface area contributed by atoms with Crippen LogP contribution in [-0.2, 0) is 0 Å². The molecular weight excluding hydrogens is 134 g/mol. The average Bonchev–Trinajstić information content (AvgIpc) is 1.80. The molecule has 3 nitrogen and oxygen atoms in total. The van der Waals surface area contributed by atoms with E-state index in [4.69, 9.17) is 5.73 Å². The van der Waals surface area contributed by atoms with Crippen LogP contribution in [0.2, 0.25) is 0 Å². The standard InChI is InChI=1S/C5H9N3S/c1-2-3-4-7-8-5(6)9/h2-4H,1H3,(H3,6,8,9)/b3-2-,7-4-. The van der Waals surface area contributed by atoms with E-state index in [1.54, 1.807) is 12.3 Å². The lowest BCUT2D eigenvalue weighted by Gasteiger charge is -1.89. The highest BCUT2D eigenvalue weighted by Crippen LogP contribution is 1.63. The van der Waals surface area contributed by atoms with Crippen LogP contribution >= 0.6 is 12.2 Å². The van der Waals surface area contributed by atoms with Crippen LogP contribution in [0.4, 0.5) is 0 Å². The first-order valence-electron chi connectivity index (χ1n) is 2.47. The second-order valence-corrected chi connectivity index (χ2v) is 1.72. The molecule has 0 aromatic carbocycles. The minimum absolute atomic E-state index is 0.177. The van der Waals surface area contributed by atoms with Gasteiger partial charge in [0.15, 0.2) is 5.11 Å². The summed E-state index contributed by atoms with van der Waals surface area (Å²) in [6, 6.07) is 0. The van der Waals surface area contributed by atoms with E-state index in [1.807, 2.05) is 13.0 Å². The van der Waals surface area contributed by atoms with Gasteiger partial charge >= 0.3 is 0 Å². The van der Waals surface area contributed by atoms with Gasteiger partial charge in [-0.2, -0.15) is 5.10 Å². The lowest BCUT2D eigenvalue weighted by molar-refractivity contribution is 1.04. The number of nitrogens with one attached hydrogen (secondary N) is 1. The summed E-state index contributed by atoms with van der Waals surface area (Å²) in [5.74, 6) is 0. The van der Waals surface area contributed by atoms with Crippen molar-refractivity contribution in [3.05, 3.63) is 12.2 Å². The van der Waals surface area contributed by atoms with Gasteiger partial charge in [-0.3, -0.25) is 5.43 Å². The van der Waals surface area contributed by atoms with Gasteiger partial charge in [-0.05, 0) is 25.2 Å². The smallest absolute Gasteiger partial charge is 0.184 e. The molecule has 0 rings (SSSR count). The normalized spacial score (nSPS) is 10.8. The first kappa shape index (κ1) is 8.10. The fourth-order valence-electron chi connectivity index (χ4n) is 0.230. The predicted octanol–water partition coefficient (Wildman–Crippen LogP) is 0.382. The van der Waals surface area contributed by atoms with Gasteiger partial charge in [0.25, 0.3) is 0 Å². The zero-order valence-electron chi connectivity index (χ0n) is 5.16.